The second kappa shape index (κ2) is 6.51. The summed E-state index contributed by atoms with van der Waals surface area (Å²) >= 11 is 1.71. The first-order valence-electron chi connectivity index (χ1n) is 7.33. The van der Waals surface area contributed by atoms with Crippen molar-refractivity contribution in [1.29, 1.82) is 0 Å². The number of fused-ring (bicyclic) bond motifs is 1. The standard InChI is InChI=1S/C15H18N4O3S/c1-9(12-10-4-8-23-11(10)3-7-22-12)17-15(21)18-13-14(20)19(2)6-5-16-13/h4-6,8-9,12H,3,7H2,1-2H3,(H2,16,17,18,21)/t9-,12+/m0/s1. The van der Waals surface area contributed by atoms with Gasteiger partial charge in [-0.15, -0.1) is 11.3 Å². The molecule has 0 unspecified atom stereocenters. The van der Waals surface area contributed by atoms with Crippen LogP contribution in [0.1, 0.15) is 23.5 Å². The molecule has 0 bridgehead atoms. The largest absolute Gasteiger partial charge is 0.371 e. The van der Waals surface area contributed by atoms with Gasteiger partial charge >= 0.3 is 6.03 Å². The number of hydrogen-bond acceptors (Lipinski definition) is 5. The lowest BCUT2D eigenvalue weighted by Gasteiger charge is -2.29. The van der Waals surface area contributed by atoms with Crippen LogP contribution in [0.4, 0.5) is 10.6 Å². The van der Waals surface area contributed by atoms with Crippen LogP contribution in [0.2, 0.25) is 0 Å². The monoisotopic (exact) mass is 334 g/mol. The Balaban J connectivity index is 1.67. The van der Waals surface area contributed by atoms with Gasteiger partial charge in [-0.1, -0.05) is 0 Å². The van der Waals surface area contributed by atoms with Gasteiger partial charge in [0.2, 0.25) is 5.82 Å². The second-order valence-corrected chi connectivity index (χ2v) is 6.42. The Morgan fingerprint density at radius 2 is 2.39 bits per heavy atom. The Kier molecular flexibility index (Phi) is 4.44. The van der Waals surface area contributed by atoms with Crippen molar-refractivity contribution in [3.8, 4) is 0 Å². The predicted molar refractivity (Wildman–Crippen MR) is 87.8 cm³/mol. The molecule has 0 aromatic carbocycles. The second-order valence-electron chi connectivity index (χ2n) is 5.42. The maximum absolute atomic E-state index is 12.1. The fraction of sp³-hybridized carbons (Fsp3) is 0.400. The number of nitrogens with one attached hydrogen (secondary N) is 2. The van der Waals surface area contributed by atoms with Crippen LogP contribution in [0.15, 0.2) is 28.6 Å². The summed E-state index contributed by atoms with van der Waals surface area (Å²) in [5.41, 5.74) is 0.771. The Bertz CT molecular complexity index is 770. The summed E-state index contributed by atoms with van der Waals surface area (Å²) in [7, 11) is 1.60. The summed E-state index contributed by atoms with van der Waals surface area (Å²) in [6.07, 6.45) is 3.72. The van der Waals surface area contributed by atoms with E-state index in [4.69, 9.17) is 4.74 Å². The number of rotatable bonds is 3. The van der Waals surface area contributed by atoms with Crippen LogP contribution in [0.25, 0.3) is 0 Å². The third-order valence-corrected chi connectivity index (χ3v) is 4.77. The summed E-state index contributed by atoms with van der Waals surface area (Å²) in [4.78, 5) is 29.2. The number of amides is 2. The van der Waals surface area contributed by atoms with Crippen molar-refractivity contribution in [2.75, 3.05) is 11.9 Å². The first-order chi connectivity index (χ1) is 11.1. The van der Waals surface area contributed by atoms with Crippen LogP contribution in [0.5, 0.6) is 0 Å². The SMILES string of the molecule is C[C@H](NC(=O)Nc1nccn(C)c1=O)[C@H]1OCCc2sccc21. The lowest BCUT2D eigenvalue weighted by Crippen LogP contribution is -2.42. The highest BCUT2D eigenvalue weighted by molar-refractivity contribution is 7.10. The normalized spacial score (nSPS) is 18.1. The van der Waals surface area contributed by atoms with E-state index in [1.807, 2.05) is 18.4 Å². The van der Waals surface area contributed by atoms with Crippen LogP contribution in [-0.4, -0.2) is 28.2 Å². The zero-order chi connectivity index (χ0) is 16.4. The molecule has 1 aliphatic rings. The van der Waals surface area contributed by atoms with E-state index >= 15 is 0 Å². The minimum atomic E-state index is -0.473. The lowest BCUT2D eigenvalue weighted by atomic mass is 10.0. The number of carbonyl (C=O) groups is 1. The van der Waals surface area contributed by atoms with E-state index in [0.717, 1.165) is 12.0 Å². The van der Waals surface area contributed by atoms with Crippen molar-refractivity contribution in [3.63, 3.8) is 0 Å². The van der Waals surface area contributed by atoms with Gasteiger partial charge < -0.3 is 14.6 Å². The number of nitrogens with zero attached hydrogens (tertiary/aromatic N) is 2. The molecule has 0 spiro atoms. The fourth-order valence-electron chi connectivity index (χ4n) is 2.60. The first-order valence-corrected chi connectivity index (χ1v) is 8.21. The zero-order valence-electron chi connectivity index (χ0n) is 12.9. The average molecular weight is 334 g/mol. The summed E-state index contributed by atoms with van der Waals surface area (Å²) in [6.45, 7) is 2.53. The minimum Gasteiger partial charge on any atom is -0.371 e. The zero-order valence-corrected chi connectivity index (χ0v) is 13.7. The molecule has 3 rings (SSSR count). The minimum absolute atomic E-state index is 0.000449. The predicted octanol–water partition coefficient (Wildman–Crippen LogP) is 1.67. The van der Waals surface area contributed by atoms with Gasteiger partial charge in [0.05, 0.1) is 12.6 Å². The molecule has 2 aromatic rings. The van der Waals surface area contributed by atoms with Crippen molar-refractivity contribution >= 4 is 23.2 Å². The smallest absolute Gasteiger partial charge is 0.320 e. The molecule has 8 heteroatoms. The molecule has 3 heterocycles. The quantitative estimate of drug-likeness (QED) is 0.894. The molecule has 0 radical (unpaired) electrons. The summed E-state index contributed by atoms with van der Waals surface area (Å²) in [5.74, 6) is 0.000449. The van der Waals surface area contributed by atoms with Crippen molar-refractivity contribution in [2.45, 2.75) is 25.5 Å². The van der Waals surface area contributed by atoms with Crippen LogP contribution in [0, 0.1) is 0 Å². The molecule has 2 atom stereocenters. The van der Waals surface area contributed by atoms with Gasteiger partial charge in [0, 0.05) is 30.7 Å². The van der Waals surface area contributed by atoms with Gasteiger partial charge in [-0.2, -0.15) is 0 Å². The van der Waals surface area contributed by atoms with E-state index in [9.17, 15) is 9.59 Å². The first kappa shape index (κ1) is 15.7. The molecule has 2 aromatic heterocycles. The highest BCUT2D eigenvalue weighted by atomic mass is 32.1. The van der Waals surface area contributed by atoms with Crippen molar-refractivity contribution in [2.24, 2.45) is 7.05 Å². The fourth-order valence-corrected chi connectivity index (χ4v) is 3.50. The maximum Gasteiger partial charge on any atom is 0.320 e. The van der Waals surface area contributed by atoms with Crippen molar-refractivity contribution in [3.05, 3.63) is 44.6 Å². The van der Waals surface area contributed by atoms with Crippen LogP contribution in [0.3, 0.4) is 0 Å². The summed E-state index contributed by atoms with van der Waals surface area (Å²) < 4.78 is 7.16. The van der Waals surface area contributed by atoms with E-state index in [0.29, 0.717) is 6.61 Å². The van der Waals surface area contributed by atoms with Crippen molar-refractivity contribution in [1.82, 2.24) is 14.9 Å². The number of aryl methyl sites for hydroxylation is 1. The van der Waals surface area contributed by atoms with Gasteiger partial charge in [0.15, 0.2) is 0 Å². The molecular weight excluding hydrogens is 316 g/mol. The van der Waals surface area contributed by atoms with Gasteiger partial charge in [0.25, 0.3) is 5.56 Å². The molecule has 23 heavy (non-hydrogen) atoms. The third-order valence-electron chi connectivity index (χ3n) is 3.77. The molecule has 2 amide bonds. The molecule has 7 nitrogen and oxygen atoms in total. The molecule has 122 valence electrons. The van der Waals surface area contributed by atoms with Crippen LogP contribution >= 0.6 is 11.3 Å². The highest BCUT2D eigenvalue weighted by Crippen LogP contribution is 2.33. The number of hydrogen-bond donors (Lipinski definition) is 2. The van der Waals surface area contributed by atoms with E-state index in [1.165, 1.54) is 21.8 Å². The number of aromatic nitrogens is 2. The average Bonchev–Trinajstić information content (AvgIpc) is 3.00. The third kappa shape index (κ3) is 3.27. The Labute approximate surface area is 137 Å². The lowest BCUT2D eigenvalue weighted by molar-refractivity contribution is 0.0238. The summed E-state index contributed by atoms with van der Waals surface area (Å²) in [5, 5.41) is 7.35. The van der Waals surface area contributed by atoms with Crippen LogP contribution < -0.4 is 16.2 Å². The molecule has 2 N–H and O–H groups in total. The van der Waals surface area contributed by atoms with Crippen molar-refractivity contribution < 1.29 is 9.53 Å². The number of thiophene rings is 1. The molecular formula is C15H18N4O3S. The molecule has 0 fully saturated rings. The number of ether oxygens (including phenoxy) is 1. The molecule has 0 saturated heterocycles. The topological polar surface area (TPSA) is 85.3 Å². The Morgan fingerprint density at radius 3 is 3.22 bits per heavy atom. The molecule has 0 saturated carbocycles. The molecule has 0 aliphatic carbocycles. The van der Waals surface area contributed by atoms with Gasteiger partial charge in [-0.25, -0.2) is 9.78 Å². The van der Waals surface area contributed by atoms with Gasteiger partial charge in [-0.05, 0) is 23.9 Å². The molecule has 1 aliphatic heterocycles. The number of anilines is 1. The van der Waals surface area contributed by atoms with Gasteiger partial charge in [-0.3, -0.25) is 10.1 Å². The Hall–Kier alpha value is -2.19. The summed E-state index contributed by atoms with van der Waals surface area (Å²) in [6, 6.07) is 1.34. The van der Waals surface area contributed by atoms with E-state index in [2.05, 4.69) is 15.6 Å². The Morgan fingerprint density at radius 1 is 1.57 bits per heavy atom. The van der Waals surface area contributed by atoms with Gasteiger partial charge in [0.1, 0.15) is 6.10 Å². The highest BCUT2D eigenvalue weighted by Gasteiger charge is 2.28. The van der Waals surface area contributed by atoms with Crippen LogP contribution in [-0.2, 0) is 18.2 Å². The van der Waals surface area contributed by atoms with E-state index < -0.39 is 6.03 Å². The number of carbonyl (C=O) groups excluding carboxylic acids is 1. The van der Waals surface area contributed by atoms with E-state index in [1.54, 1.807) is 18.4 Å². The number of urea groups is 1. The van der Waals surface area contributed by atoms with E-state index in [-0.39, 0.29) is 23.5 Å². The maximum atomic E-state index is 12.1.